The zero-order valence-corrected chi connectivity index (χ0v) is 19.8. The standard InChI is InChI=1S/C22H23N5OS3/c1-3-8-17-11-16(12-29-17)20-25-26-22(27(20)4-2)31-14-19(28)24-21-23-18(13-30-21)15-9-6-5-7-10-15/h5-7,9-13H,3-4,8,14H2,1-2H3,(H,23,24,28). The van der Waals surface area contributed by atoms with Gasteiger partial charge in [-0.3, -0.25) is 4.79 Å². The van der Waals surface area contributed by atoms with Crippen LogP contribution in [0.5, 0.6) is 0 Å². The summed E-state index contributed by atoms with van der Waals surface area (Å²) < 4.78 is 2.06. The fraction of sp³-hybridized carbons (Fsp3) is 0.273. The number of thiophene rings is 1. The van der Waals surface area contributed by atoms with Gasteiger partial charge in [-0.25, -0.2) is 4.98 Å². The maximum atomic E-state index is 12.5. The smallest absolute Gasteiger partial charge is 0.236 e. The number of hydrogen-bond donors (Lipinski definition) is 1. The Morgan fingerprint density at radius 3 is 2.71 bits per heavy atom. The van der Waals surface area contributed by atoms with Crippen molar-refractivity contribution in [3.05, 3.63) is 52.0 Å². The van der Waals surface area contributed by atoms with Gasteiger partial charge in [-0.05, 0) is 19.4 Å². The number of carbonyl (C=O) groups excluding carboxylic acids is 1. The second kappa shape index (κ2) is 10.2. The number of benzene rings is 1. The van der Waals surface area contributed by atoms with Gasteiger partial charge < -0.3 is 9.88 Å². The average molecular weight is 470 g/mol. The van der Waals surface area contributed by atoms with Crippen LogP contribution >= 0.6 is 34.4 Å². The van der Waals surface area contributed by atoms with Crippen molar-refractivity contribution in [3.63, 3.8) is 0 Å². The van der Waals surface area contributed by atoms with Crippen LogP contribution in [0.4, 0.5) is 5.13 Å². The minimum Gasteiger partial charge on any atom is -0.302 e. The molecule has 1 N–H and O–H groups in total. The van der Waals surface area contributed by atoms with Crippen molar-refractivity contribution in [2.75, 3.05) is 11.1 Å². The zero-order valence-electron chi connectivity index (χ0n) is 17.4. The van der Waals surface area contributed by atoms with Gasteiger partial charge in [-0.1, -0.05) is 55.4 Å². The first-order chi connectivity index (χ1) is 15.2. The Labute approximate surface area is 193 Å². The lowest BCUT2D eigenvalue weighted by atomic mass is 10.2. The summed E-state index contributed by atoms with van der Waals surface area (Å²) in [5.74, 6) is 1.01. The number of aromatic nitrogens is 4. The van der Waals surface area contributed by atoms with Gasteiger partial charge in [0.1, 0.15) is 0 Å². The average Bonchev–Trinajstić information content (AvgIpc) is 3.52. The fourth-order valence-corrected chi connectivity index (χ4v) is 5.63. The molecule has 1 amide bonds. The number of amides is 1. The molecule has 1 aromatic carbocycles. The van der Waals surface area contributed by atoms with E-state index in [1.54, 1.807) is 11.3 Å². The SMILES string of the molecule is CCCc1cc(-c2nnc(SCC(=O)Nc3nc(-c4ccccc4)cs3)n2CC)cs1. The summed E-state index contributed by atoms with van der Waals surface area (Å²) >= 11 is 4.58. The summed E-state index contributed by atoms with van der Waals surface area (Å²) in [6.45, 7) is 5.00. The Bertz CT molecular complexity index is 1150. The molecule has 4 aromatic rings. The van der Waals surface area contributed by atoms with Gasteiger partial charge in [0.25, 0.3) is 0 Å². The van der Waals surface area contributed by atoms with Crippen molar-refractivity contribution in [3.8, 4) is 22.6 Å². The Morgan fingerprint density at radius 2 is 1.94 bits per heavy atom. The summed E-state index contributed by atoms with van der Waals surface area (Å²) in [6.07, 6.45) is 2.21. The molecule has 4 rings (SSSR count). The monoisotopic (exact) mass is 469 g/mol. The van der Waals surface area contributed by atoms with Gasteiger partial charge in [0.05, 0.1) is 11.4 Å². The molecule has 0 atom stereocenters. The van der Waals surface area contributed by atoms with E-state index in [1.807, 2.05) is 35.7 Å². The molecule has 0 fully saturated rings. The van der Waals surface area contributed by atoms with Crippen molar-refractivity contribution in [2.24, 2.45) is 0 Å². The summed E-state index contributed by atoms with van der Waals surface area (Å²) in [5, 5.41) is 17.0. The van der Waals surface area contributed by atoms with Gasteiger partial charge in [0, 0.05) is 33.3 Å². The first-order valence-electron chi connectivity index (χ1n) is 10.1. The van der Waals surface area contributed by atoms with Gasteiger partial charge in [0.15, 0.2) is 16.1 Å². The van der Waals surface area contributed by atoms with Crippen LogP contribution in [0, 0.1) is 0 Å². The molecule has 0 saturated carbocycles. The molecule has 0 aliphatic rings. The van der Waals surface area contributed by atoms with Gasteiger partial charge in [0.2, 0.25) is 5.91 Å². The van der Waals surface area contributed by atoms with E-state index in [9.17, 15) is 4.79 Å². The van der Waals surface area contributed by atoms with E-state index in [4.69, 9.17) is 0 Å². The van der Waals surface area contributed by atoms with E-state index >= 15 is 0 Å². The van der Waals surface area contributed by atoms with Crippen LogP contribution in [0.15, 0.2) is 52.3 Å². The predicted octanol–water partition coefficient (Wildman–Crippen LogP) is 5.83. The van der Waals surface area contributed by atoms with Crippen LogP contribution in [-0.2, 0) is 17.8 Å². The number of nitrogens with one attached hydrogen (secondary N) is 1. The Kier molecular flexibility index (Phi) is 7.16. The lowest BCUT2D eigenvalue weighted by molar-refractivity contribution is -0.113. The number of carbonyl (C=O) groups is 1. The molecule has 0 saturated heterocycles. The molecule has 0 radical (unpaired) electrons. The van der Waals surface area contributed by atoms with Gasteiger partial charge >= 0.3 is 0 Å². The molecule has 0 aliphatic heterocycles. The summed E-state index contributed by atoms with van der Waals surface area (Å²) in [7, 11) is 0. The summed E-state index contributed by atoms with van der Waals surface area (Å²) in [5.41, 5.74) is 2.99. The molecule has 0 aliphatic carbocycles. The third-order valence-corrected chi connectivity index (χ3v) is 7.31. The van der Waals surface area contributed by atoms with E-state index in [0.29, 0.717) is 5.13 Å². The highest BCUT2D eigenvalue weighted by Gasteiger charge is 2.16. The lowest BCUT2D eigenvalue weighted by Crippen LogP contribution is -2.14. The van der Waals surface area contributed by atoms with Crippen LogP contribution < -0.4 is 5.32 Å². The van der Waals surface area contributed by atoms with Crippen LogP contribution in [-0.4, -0.2) is 31.4 Å². The maximum Gasteiger partial charge on any atom is 0.236 e. The Morgan fingerprint density at radius 1 is 1.10 bits per heavy atom. The van der Waals surface area contributed by atoms with E-state index in [2.05, 4.69) is 50.4 Å². The molecule has 0 spiro atoms. The third kappa shape index (κ3) is 5.23. The minimum absolute atomic E-state index is 0.105. The molecule has 3 heterocycles. The van der Waals surface area contributed by atoms with Crippen molar-refractivity contribution < 1.29 is 4.79 Å². The topological polar surface area (TPSA) is 72.7 Å². The number of thioether (sulfide) groups is 1. The van der Waals surface area contributed by atoms with Crippen LogP contribution in [0.2, 0.25) is 0 Å². The summed E-state index contributed by atoms with van der Waals surface area (Å²) in [4.78, 5) is 18.3. The zero-order chi connectivity index (χ0) is 21.6. The van der Waals surface area contributed by atoms with Gasteiger partial charge in [-0.15, -0.1) is 32.9 Å². The van der Waals surface area contributed by atoms with Crippen LogP contribution in [0.3, 0.4) is 0 Å². The second-order valence-electron chi connectivity index (χ2n) is 6.84. The van der Waals surface area contributed by atoms with Crippen molar-refractivity contribution >= 4 is 45.5 Å². The highest BCUT2D eigenvalue weighted by atomic mass is 32.2. The molecule has 31 heavy (non-hydrogen) atoms. The number of thiazole rings is 1. The van der Waals surface area contributed by atoms with Crippen LogP contribution in [0.1, 0.15) is 25.1 Å². The number of rotatable bonds is 9. The highest BCUT2D eigenvalue weighted by molar-refractivity contribution is 7.99. The number of hydrogen-bond acceptors (Lipinski definition) is 7. The lowest BCUT2D eigenvalue weighted by Gasteiger charge is -2.06. The second-order valence-corrected chi connectivity index (χ2v) is 9.64. The number of anilines is 1. The minimum atomic E-state index is -0.105. The molecule has 6 nitrogen and oxygen atoms in total. The number of nitrogens with zero attached hydrogens (tertiary/aromatic N) is 4. The fourth-order valence-electron chi connectivity index (χ4n) is 3.13. The van der Waals surface area contributed by atoms with Crippen molar-refractivity contribution in [1.29, 1.82) is 0 Å². The van der Waals surface area contributed by atoms with Crippen LogP contribution in [0.25, 0.3) is 22.6 Å². The first-order valence-corrected chi connectivity index (χ1v) is 12.9. The number of aryl methyl sites for hydroxylation is 1. The van der Waals surface area contributed by atoms with E-state index in [1.165, 1.54) is 28.0 Å². The van der Waals surface area contributed by atoms with E-state index in [0.717, 1.165) is 47.2 Å². The van der Waals surface area contributed by atoms with E-state index < -0.39 is 0 Å². The molecule has 160 valence electrons. The molecule has 0 bridgehead atoms. The van der Waals surface area contributed by atoms with Crippen molar-refractivity contribution in [1.82, 2.24) is 19.7 Å². The predicted molar refractivity (Wildman–Crippen MR) is 130 cm³/mol. The Balaban J connectivity index is 1.38. The third-order valence-electron chi connectivity index (χ3n) is 4.59. The normalized spacial score (nSPS) is 11.0. The highest BCUT2D eigenvalue weighted by Crippen LogP contribution is 2.29. The molecular weight excluding hydrogens is 446 g/mol. The first kappa shape index (κ1) is 21.7. The van der Waals surface area contributed by atoms with E-state index in [-0.39, 0.29) is 11.7 Å². The quantitative estimate of drug-likeness (QED) is 0.312. The molecule has 9 heteroatoms. The largest absolute Gasteiger partial charge is 0.302 e. The van der Waals surface area contributed by atoms with Gasteiger partial charge in [-0.2, -0.15) is 0 Å². The molecular formula is C22H23N5OS3. The summed E-state index contributed by atoms with van der Waals surface area (Å²) in [6, 6.07) is 12.1. The maximum absolute atomic E-state index is 12.5. The molecule has 3 aromatic heterocycles. The Hall–Kier alpha value is -2.49. The van der Waals surface area contributed by atoms with Crippen molar-refractivity contribution in [2.45, 2.75) is 38.4 Å². The molecule has 0 unspecified atom stereocenters.